The zero-order valence-electron chi connectivity index (χ0n) is 9.22. The molecule has 0 saturated carbocycles. The second-order valence-corrected chi connectivity index (χ2v) is 3.49. The van der Waals surface area contributed by atoms with Crippen LogP contribution in [0.5, 0.6) is 5.75 Å². The highest BCUT2D eigenvalue weighted by molar-refractivity contribution is 5.45. The van der Waals surface area contributed by atoms with Gasteiger partial charge in [-0.2, -0.15) is 0 Å². The van der Waals surface area contributed by atoms with Crippen LogP contribution in [0.3, 0.4) is 0 Å². The van der Waals surface area contributed by atoms with E-state index in [9.17, 15) is 0 Å². The number of ether oxygens (including phenoxy) is 1. The Balaban J connectivity index is 3.15. The van der Waals surface area contributed by atoms with Crippen LogP contribution in [0.4, 0.5) is 0 Å². The Morgan fingerprint density at radius 1 is 1.29 bits per heavy atom. The molecule has 0 N–H and O–H groups in total. The standard InChI is InChI=1S/C13H16O/c1-5-6-11-7-8-12(10(2)3)13(9-11)14-4/h7-10H,1-4H3. The summed E-state index contributed by atoms with van der Waals surface area (Å²) in [6, 6.07) is 6.11. The molecule has 0 fully saturated rings. The fourth-order valence-electron chi connectivity index (χ4n) is 1.41. The predicted molar refractivity (Wildman–Crippen MR) is 59.6 cm³/mol. The van der Waals surface area contributed by atoms with Crippen LogP contribution < -0.4 is 4.74 Å². The normalized spacial score (nSPS) is 9.50. The Morgan fingerprint density at radius 2 is 2.00 bits per heavy atom. The summed E-state index contributed by atoms with van der Waals surface area (Å²) in [7, 11) is 1.70. The van der Waals surface area contributed by atoms with Crippen molar-refractivity contribution in [3.05, 3.63) is 29.3 Å². The Labute approximate surface area is 86.1 Å². The molecule has 1 nitrogen and oxygen atoms in total. The van der Waals surface area contributed by atoms with E-state index in [1.807, 2.05) is 19.1 Å². The smallest absolute Gasteiger partial charge is 0.123 e. The molecular formula is C13H16O. The van der Waals surface area contributed by atoms with Gasteiger partial charge in [-0.15, -0.1) is 5.92 Å². The van der Waals surface area contributed by atoms with Crippen LogP contribution in [0.15, 0.2) is 18.2 Å². The first kappa shape index (κ1) is 10.7. The monoisotopic (exact) mass is 188 g/mol. The highest BCUT2D eigenvalue weighted by Crippen LogP contribution is 2.26. The fourth-order valence-corrected chi connectivity index (χ4v) is 1.41. The summed E-state index contributed by atoms with van der Waals surface area (Å²) in [6.45, 7) is 6.15. The van der Waals surface area contributed by atoms with Crippen molar-refractivity contribution in [2.45, 2.75) is 26.7 Å². The molecule has 14 heavy (non-hydrogen) atoms. The van der Waals surface area contributed by atoms with E-state index in [0.717, 1.165) is 11.3 Å². The lowest BCUT2D eigenvalue weighted by atomic mass is 10.0. The second-order valence-electron chi connectivity index (χ2n) is 3.49. The molecule has 0 aliphatic rings. The first-order valence-corrected chi connectivity index (χ1v) is 4.79. The van der Waals surface area contributed by atoms with Crippen LogP contribution in [-0.4, -0.2) is 7.11 Å². The average Bonchev–Trinajstić information content (AvgIpc) is 2.17. The predicted octanol–water partition coefficient (Wildman–Crippen LogP) is 3.19. The Kier molecular flexibility index (Phi) is 3.59. The van der Waals surface area contributed by atoms with Crippen molar-refractivity contribution >= 4 is 0 Å². The summed E-state index contributed by atoms with van der Waals surface area (Å²) >= 11 is 0. The maximum Gasteiger partial charge on any atom is 0.123 e. The van der Waals surface area contributed by atoms with E-state index in [-0.39, 0.29) is 0 Å². The number of benzene rings is 1. The van der Waals surface area contributed by atoms with Gasteiger partial charge in [0.25, 0.3) is 0 Å². The van der Waals surface area contributed by atoms with E-state index < -0.39 is 0 Å². The molecule has 1 heteroatoms. The van der Waals surface area contributed by atoms with E-state index in [4.69, 9.17) is 4.74 Å². The van der Waals surface area contributed by atoms with Gasteiger partial charge >= 0.3 is 0 Å². The van der Waals surface area contributed by atoms with Gasteiger partial charge in [-0.3, -0.25) is 0 Å². The van der Waals surface area contributed by atoms with Crippen molar-refractivity contribution in [2.75, 3.05) is 7.11 Å². The van der Waals surface area contributed by atoms with Gasteiger partial charge in [-0.05, 0) is 30.5 Å². The lowest BCUT2D eigenvalue weighted by Crippen LogP contribution is -1.94. The summed E-state index contributed by atoms with van der Waals surface area (Å²) < 4.78 is 5.33. The summed E-state index contributed by atoms with van der Waals surface area (Å²) in [5.74, 6) is 7.31. The van der Waals surface area contributed by atoms with E-state index in [1.54, 1.807) is 7.11 Å². The Morgan fingerprint density at radius 3 is 2.50 bits per heavy atom. The van der Waals surface area contributed by atoms with Gasteiger partial charge in [0.2, 0.25) is 0 Å². The third-order valence-electron chi connectivity index (χ3n) is 2.12. The average molecular weight is 188 g/mol. The number of methoxy groups -OCH3 is 1. The Bertz CT molecular complexity index is 367. The molecule has 1 aromatic carbocycles. The molecule has 0 spiro atoms. The fraction of sp³-hybridized carbons (Fsp3) is 0.385. The van der Waals surface area contributed by atoms with Gasteiger partial charge in [0, 0.05) is 5.56 Å². The Hall–Kier alpha value is -1.42. The maximum absolute atomic E-state index is 5.33. The van der Waals surface area contributed by atoms with Crippen LogP contribution in [0.25, 0.3) is 0 Å². The summed E-state index contributed by atoms with van der Waals surface area (Å²) in [4.78, 5) is 0. The van der Waals surface area contributed by atoms with Gasteiger partial charge in [-0.1, -0.05) is 25.8 Å². The van der Waals surface area contributed by atoms with Crippen molar-refractivity contribution in [1.29, 1.82) is 0 Å². The van der Waals surface area contributed by atoms with Crippen LogP contribution in [0, 0.1) is 11.8 Å². The van der Waals surface area contributed by atoms with E-state index in [2.05, 4.69) is 31.8 Å². The minimum Gasteiger partial charge on any atom is -0.496 e. The molecule has 1 aromatic rings. The lowest BCUT2D eigenvalue weighted by Gasteiger charge is -2.11. The number of hydrogen-bond acceptors (Lipinski definition) is 1. The maximum atomic E-state index is 5.33. The number of hydrogen-bond donors (Lipinski definition) is 0. The molecule has 74 valence electrons. The molecule has 0 atom stereocenters. The third kappa shape index (κ3) is 2.29. The molecule has 0 unspecified atom stereocenters. The first-order valence-electron chi connectivity index (χ1n) is 4.79. The summed E-state index contributed by atoms with van der Waals surface area (Å²) in [6.07, 6.45) is 0. The van der Waals surface area contributed by atoms with Crippen molar-refractivity contribution in [3.8, 4) is 17.6 Å². The van der Waals surface area contributed by atoms with Crippen molar-refractivity contribution in [3.63, 3.8) is 0 Å². The van der Waals surface area contributed by atoms with Gasteiger partial charge in [-0.25, -0.2) is 0 Å². The van der Waals surface area contributed by atoms with Crippen LogP contribution in [0.2, 0.25) is 0 Å². The number of rotatable bonds is 2. The van der Waals surface area contributed by atoms with Crippen molar-refractivity contribution in [1.82, 2.24) is 0 Å². The minimum atomic E-state index is 0.480. The highest BCUT2D eigenvalue weighted by atomic mass is 16.5. The molecule has 1 rings (SSSR count). The minimum absolute atomic E-state index is 0.480. The zero-order valence-corrected chi connectivity index (χ0v) is 9.22. The summed E-state index contributed by atoms with van der Waals surface area (Å²) in [5.41, 5.74) is 2.24. The molecule has 0 amide bonds. The molecule has 0 bridgehead atoms. The molecule has 0 aliphatic carbocycles. The topological polar surface area (TPSA) is 9.23 Å². The highest BCUT2D eigenvalue weighted by Gasteiger charge is 2.06. The lowest BCUT2D eigenvalue weighted by molar-refractivity contribution is 0.407. The van der Waals surface area contributed by atoms with Gasteiger partial charge < -0.3 is 4.74 Å². The van der Waals surface area contributed by atoms with E-state index in [0.29, 0.717) is 5.92 Å². The molecular weight excluding hydrogens is 172 g/mol. The second kappa shape index (κ2) is 4.72. The quantitative estimate of drug-likeness (QED) is 0.648. The van der Waals surface area contributed by atoms with Crippen LogP contribution in [0.1, 0.15) is 37.8 Å². The molecule has 0 aromatic heterocycles. The molecule has 0 heterocycles. The van der Waals surface area contributed by atoms with Crippen molar-refractivity contribution in [2.24, 2.45) is 0 Å². The molecule has 0 radical (unpaired) electrons. The molecule has 0 saturated heterocycles. The van der Waals surface area contributed by atoms with Gasteiger partial charge in [0.05, 0.1) is 7.11 Å². The van der Waals surface area contributed by atoms with Crippen molar-refractivity contribution < 1.29 is 4.74 Å². The van der Waals surface area contributed by atoms with Crippen LogP contribution >= 0.6 is 0 Å². The largest absolute Gasteiger partial charge is 0.496 e. The van der Waals surface area contributed by atoms with E-state index >= 15 is 0 Å². The molecule has 0 aliphatic heterocycles. The first-order chi connectivity index (χ1) is 6.69. The SMILES string of the molecule is CC#Cc1ccc(C(C)C)c(OC)c1. The zero-order chi connectivity index (χ0) is 10.6. The van der Waals surface area contributed by atoms with Gasteiger partial charge in [0.15, 0.2) is 0 Å². The van der Waals surface area contributed by atoms with Gasteiger partial charge in [0.1, 0.15) is 5.75 Å². The van der Waals surface area contributed by atoms with E-state index in [1.165, 1.54) is 5.56 Å². The summed E-state index contributed by atoms with van der Waals surface area (Å²) in [5, 5.41) is 0. The van der Waals surface area contributed by atoms with Crippen LogP contribution in [-0.2, 0) is 0 Å². The third-order valence-corrected chi connectivity index (χ3v) is 2.12.